The minimum atomic E-state index is 0.165. The van der Waals surface area contributed by atoms with Gasteiger partial charge < -0.3 is 5.32 Å². The average Bonchev–Trinajstić information content (AvgIpc) is 2.85. The van der Waals surface area contributed by atoms with E-state index < -0.39 is 0 Å². The number of hydrogen-bond acceptors (Lipinski definition) is 1. The highest BCUT2D eigenvalue weighted by Crippen LogP contribution is 2.56. The van der Waals surface area contributed by atoms with Gasteiger partial charge in [0.25, 0.3) is 0 Å². The number of carbonyl (C=O) groups excluding carboxylic acids is 1. The molecular weight excluding hydrogens is 162 g/mol. The van der Waals surface area contributed by atoms with Crippen molar-refractivity contribution < 1.29 is 4.79 Å². The van der Waals surface area contributed by atoms with Gasteiger partial charge in [-0.2, -0.15) is 0 Å². The van der Waals surface area contributed by atoms with Gasteiger partial charge in [-0.25, -0.2) is 0 Å². The summed E-state index contributed by atoms with van der Waals surface area (Å²) >= 11 is 0. The molecule has 1 amide bonds. The van der Waals surface area contributed by atoms with E-state index in [1.54, 1.807) is 0 Å². The van der Waals surface area contributed by atoms with Gasteiger partial charge in [0.05, 0.1) is 5.92 Å². The standard InChI is InChI=1S/C11H11NO/c13-10-9-6-11(9,7-12-10)8-4-2-1-3-5-8/h1-5,9H,6-7H2,(H,12,13). The molecule has 1 aliphatic carbocycles. The fraction of sp³-hybridized carbons (Fsp3) is 0.364. The molecule has 0 bridgehead atoms. The third-order valence-corrected chi connectivity index (χ3v) is 3.32. The van der Waals surface area contributed by atoms with E-state index in [1.807, 2.05) is 18.2 Å². The van der Waals surface area contributed by atoms with Gasteiger partial charge in [0, 0.05) is 12.0 Å². The minimum absolute atomic E-state index is 0.165. The summed E-state index contributed by atoms with van der Waals surface area (Å²) in [5.74, 6) is 0.499. The first-order chi connectivity index (χ1) is 6.33. The molecule has 1 saturated carbocycles. The second-order valence-corrected chi connectivity index (χ2v) is 4.00. The Morgan fingerprint density at radius 2 is 2.08 bits per heavy atom. The number of amides is 1. The Hall–Kier alpha value is -1.31. The third-order valence-electron chi connectivity index (χ3n) is 3.32. The van der Waals surface area contributed by atoms with Crippen LogP contribution in [0.3, 0.4) is 0 Å². The maximum absolute atomic E-state index is 11.3. The lowest BCUT2D eigenvalue weighted by molar-refractivity contribution is -0.120. The second kappa shape index (κ2) is 2.13. The van der Waals surface area contributed by atoms with Crippen LogP contribution in [0.2, 0.25) is 0 Å². The van der Waals surface area contributed by atoms with E-state index in [1.165, 1.54) is 5.56 Å². The zero-order valence-corrected chi connectivity index (χ0v) is 7.29. The van der Waals surface area contributed by atoms with E-state index in [9.17, 15) is 4.79 Å². The second-order valence-electron chi connectivity index (χ2n) is 4.00. The van der Waals surface area contributed by atoms with Crippen molar-refractivity contribution in [1.29, 1.82) is 0 Å². The molecule has 2 atom stereocenters. The van der Waals surface area contributed by atoms with E-state index in [0.29, 0.717) is 0 Å². The van der Waals surface area contributed by atoms with Crippen molar-refractivity contribution in [1.82, 2.24) is 5.32 Å². The molecule has 3 rings (SSSR count). The zero-order chi connectivity index (χ0) is 8.89. The number of fused-ring (bicyclic) bond motifs is 1. The van der Waals surface area contributed by atoms with Gasteiger partial charge in [-0.15, -0.1) is 0 Å². The summed E-state index contributed by atoms with van der Waals surface area (Å²) in [7, 11) is 0. The van der Waals surface area contributed by atoms with Gasteiger partial charge in [-0.05, 0) is 12.0 Å². The normalized spacial score (nSPS) is 35.4. The fourth-order valence-corrected chi connectivity index (χ4v) is 2.40. The molecule has 0 spiro atoms. The van der Waals surface area contributed by atoms with E-state index in [2.05, 4.69) is 17.4 Å². The van der Waals surface area contributed by atoms with Gasteiger partial charge in [-0.3, -0.25) is 4.79 Å². The third kappa shape index (κ3) is 0.804. The van der Waals surface area contributed by atoms with Crippen LogP contribution in [-0.4, -0.2) is 12.5 Å². The molecule has 1 aromatic carbocycles. The first-order valence-corrected chi connectivity index (χ1v) is 4.66. The highest BCUT2D eigenvalue weighted by molar-refractivity contribution is 5.88. The van der Waals surface area contributed by atoms with Crippen molar-refractivity contribution in [2.75, 3.05) is 6.54 Å². The monoisotopic (exact) mass is 173 g/mol. The minimum Gasteiger partial charge on any atom is -0.355 e. The number of carbonyl (C=O) groups is 1. The molecule has 13 heavy (non-hydrogen) atoms. The summed E-state index contributed by atoms with van der Waals surface area (Å²) in [5, 5.41) is 2.92. The quantitative estimate of drug-likeness (QED) is 0.676. The number of piperidine rings is 1. The zero-order valence-electron chi connectivity index (χ0n) is 7.29. The van der Waals surface area contributed by atoms with Crippen molar-refractivity contribution >= 4 is 5.91 Å². The molecule has 1 aliphatic heterocycles. The van der Waals surface area contributed by atoms with E-state index in [4.69, 9.17) is 0 Å². The molecular formula is C11H11NO. The number of hydrogen-bond donors (Lipinski definition) is 1. The summed E-state index contributed by atoms with van der Waals surface area (Å²) in [4.78, 5) is 11.3. The van der Waals surface area contributed by atoms with Gasteiger partial charge in [0.2, 0.25) is 5.91 Å². The fourth-order valence-electron chi connectivity index (χ4n) is 2.40. The first kappa shape index (κ1) is 7.13. The smallest absolute Gasteiger partial charge is 0.224 e. The van der Waals surface area contributed by atoms with Crippen LogP contribution in [0.5, 0.6) is 0 Å². The maximum Gasteiger partial charge on any atom is 0.224 e. The lowest BCUT2D eigenvalue weighted by Crippen LogP contribution is -2.22. The molecule has 0 aromatic heterocycles. The molecule has 2 unspecified atom stereocenters. The van der Waals surface area contributed by atoms with Crippen molar-refractivity contribution in [2.45, 2.75) is 11.8 Å². The Morgan fingerprint density at radius 1 is 1.31 bits per heavy atom. The largest absolute Gasteiger partial charge is 0.355 e. The first-order valence-electron chi connectivity index (χ1n) is 4.66. The maximum atomic E-state index is 11.3. The van der Waals surface area contributed by atoms with E-state index in [0.717, 1.165) is 13.0 Å². The Bertz CT molecular complexity index is 360. The van der Waals surface area contributed by atoms with Crippen molar-refractivity contribution in [3.8, 4) is 0 Å². The Morgan fingerprint density at radius 3 is 2.62 bits per heavy atom. The topological polar surface area (TPSA) is 29.1 Å². The summed E-state index contributed by atoms with van der Waals surface area (Å²) in [6.07, 6.45) is 1.04. The van der Waals surface area contributed by atoms with Crippen LogP contribution >= 0.6 is 0 Å². The number of benzene rings is 1. The molecule has 1 heterocycles. The molecule has 1 aromatic rings. The van der Waals surface area contributed by atoms with Gasteiger partial charge >= 0.3 is 0 Å². The summed E-state index contributed by atoms with van der Waals surface area (Å²) < 4.78 is 0. The summed E-state index contributed by atoms with van der Waals surface area (Å²) in [6.45, 7) is 0.834. The van der Waals surface area contributed by atoms with Gasteiger partial charge in [0.15, 0.2) is 0 Å². The van der Waals surface area contributed by atoms with Crippen molar-refractivity contribution in [3.05, 3.63) is 35.9 Å². The van der Waals surface area contributed by atoms with E-state index in [-0.39, 0.29) is 17.2 Å². The van der Waals surface area contributed by atoms with Gasteiger partial charge in [0.1, 0.15) is 0 Å². The number of nitrogens with one attached hydrogen (secondary N) is 1. The molecule has 2 aliphatic rings. The SMILES string of the molecule is O=C1NCC2(c3ccccc3)CC12. The lowest BCUT2D eigenvalue weighted by Gasteiger charge is -2.10. The van der Waals surface area contributed by atoms with E-state index >= 15 is 0 Å². The average molecular weight is 173 g/mol. The molecule has 2 fully saturated rings. The molecule has 0 radical (unpaired) electrons. The van der Waals surface area contributed by atoms with Crippen LogP contribution in [0, 0.1) is 5.92 Å². The highest BCUT2D eigenvalue weighted by atomic mass is 16.2. The van der Waals surface area contributed by atoms with Crippen LogP contribution < -0.4 is 5.32 Å². The van der Waals surface area contributed by atoms with Crippen molar-refractivity contribution in [3.63, 3.8) is 0 Å². The van der Waals surface area contributed by atoms with Crippen LogP contribution in [0.1, 0.15) is 12.0 Å². The lowest BCUT2D eigenvalue weighted by atomic mass is 9.95. The predicted molar refractivity (Wildman–Crippen MR) is 49.2 cm³/mol. The van der Waals surface area contributed by atoms with Crippen LogP contribution in [0.15, 0.2) is 30.3 Å². The molecule has 1 saturated heterocycles. The molecule has 2 nitrogen and oxygen atoms in total. The predicted octanol–water partition coefficient (Wildman–Crippen LogP) is 1.07. The van der Waals surface area contributed by atoms with Crippen LogP contribution in [-0.2, 0) is 10.2 Å². The summed E-state index contributed by atoms with van der Waals surface area (Å²) in [5.41, 5.74) is 1.48. The number of rotatable bonds is 1. The Kier molecular flexibility index (Phi) is 1.17. The van der Waals surface area contributed by atoms with Gasteiger partial charge in [-0.1, -0.05) is 30.3 Å². The molecule has 66 valence electrons. The van der Waals surface area contributed by atoms with Crippen LogP contribution in [0.4, 0.5) is 0 Å². The van der Waals surface area contributed by atoms with Crippen molar-refractivity contribution in [2.24, 2.45) is 5.92 Å². The highest BCUT2D eigenvalue weighted by Gasteiger charge is 2.63. The molecule has 1 N–H and O–H groups in total. The Balaban J connectivity index is 2.01. The Labute approximate surface area is 77.0 Å². The summed E-state index contributed by atoms with van der Waals surface area (Å²) in [6, 6.07) is 10.4. The molecule has 2 heteroatoms. The van der Waals surface area contributed by atoms with Crippen LogP contribution in [0.25, 0.3) is 0 Å².